The topological polar surface area (TPSA) is 54.7 Å². The molecular weight excluding hydrogens is 424 g/mol. The predicted octanol–water partition coefficient (Wildman–Crippen LogP) is 6.04. The van der Waals surface area contributed by atoms with Gasteiger partial charge in [-0.1, -0.05) is 36.4 Å². The highest BCUT2D eigenvalue weighted by molar-refractivity contribution is 6.02. The first kappa shape index (κ1) is 23.6. The van der Waals surface area contributed by atoms with Gasteiger partial charge in [-0.2, -0.15) is 0 Å². The normalized spacial score (nSPS) is 12.0. The maximum absolute atomic E-state index is 12.5. The Morgan fingerprint density at radius 1 is 1.12 bits per heavy atom. The fourth-order valence-corrected chi connectivity index (χ4v) is 4.25. The number of hydrogen-bond donors (Lipinski definition) is 1. The number of allylic oxidation sites excluding steroid dienone is 1. The van der Waals surface area contributed by atoms with Gasteiger partial charge in [0, 0.05) is 41.2 Å². The first-order valence-corrected chi connectivity index (χ1v) is 11.7. The van der Waals surface area contributed by atoms with E-state index in [-0.39, 0.29) is 5.91 Å². The van der Waals surface area contributed by atoms with Crippen molar-refractivity contribution in [3.05, 3.63) is 72.0 Å². The SMILES string of the molecule is CCOc1c(/C(C)=C/C(=O)NCCN(C)C)cc2c(-c3ccc4ccccc4c3)coc2c1C. The van der Waals surface area contributed by atoms with E-state index in [1.807, 2.05) is 58.2 Å². The number of fused-ring (bicyclic) bond motifs is 2. The number of likely N-dealkylation sites (N-methyl/N-ethyl adjacent to an activating group) is 1. The highest BCUT2D eigenvalue weighted by Gasteiger charge is 2.19. The monoisotopic (exact) mass is 456 g/mol. The molecule has 0 fully saturated rings. The molecule has 4 aromatic rings. The molecule has 0 saturated carbocycles. The maximum atomic E-state index is 12.5. The Bertz CT molecular complexity index is 1360. The van der Waals surface area contributed by atoms with E-state index in [1.54, 1.807) is 6.08 Å². The lowest BCUT2D eigenvalue weighted by molar-refractivity contribution is -0.116. The maximum Gasteiger partial charge on any atom is 0.244 e. The van der Waals surface area contributed by atoms with Crippen LogP contribution in [-0.2, 0) is 4.79 Å². The summed E-state index contributed by atoms with van der Waals surface area (Å²) in [5.41, 5.74) is 5.60. The van der Waals surface area contributed by atoms with Gasteiger partial charge < -0.3 is 19.4 Å². The molecule has 1 amide bonds. The van der Waals surface area contributed by atoms with Crippen LogP contribution in [0.3, 0.4) is 0 Å². The minimum atomic E-state index is -0.110. The summed E-state index contributed by atoms with van der Waals surface area (Å²) in [7, 11) is 3.97. The number of amides is 1. The third-order valence-electron chi connectivity index (χ3n) is 6.02. The van der Waals surface area contributed by atoms with Crippen LogP contribution in [0.25, 0.3) is 38.4 Å². The zero-order valence-electron chi connectivity index (χ0n) is 20.6. The van der Waals surface area contributed by atoms with Gasteiger partial charge in [0.1, 0.15) is 11.3 Å². The van der Waals surface area contributed by atoms with Crippen molar-refractivity contribution in [3.8, 4) is 16.9 Å². The van der Waals surface area contributed by atoms with Crippen molar-refractivity contribution >= 4 is 33.2 Å². The minimum Gasteiger partial charge on any atom is -0.493 e. The third kappa shape index (κ3) is 4.85. The average molecular weight is 457 g/mol. The number of ether oxygens (including phenoxy) is 1. The molecule has 3 aromatic carbocycles. The molecule has 5 heteroatoms. The molecule has 0 spiro atoms. The molecule has 0 atom stereocenters. The number of aryl methyl sites for hydroxylation is 1. The van der Waals surface area contributed by atoms with Gasteiger partial charge in [-0.05, 0) is 68.9 Å². The van der Waals surface area contributed by atoms with Gasteiger partial charge in [-0.25, -0.2) is 0 Å². The molecule has 1 aromatic heterocycles. The lowest BCUT2D eigenvalue weighted by atomic mass is 9.95. The summed E-state index contributed by atoms with van der Waals surface area (Å²) in [5.74, 6) is 0.644. The summed E-state index contributed by atoms with van der Waals surface area (Å²) in [6.45, 7) is 7.83. The van der Waals surface area contributed by atoms with Crippen LogP contribution in [0.15, 0.2) is 65.3 Å². The van der Waals surface area contributed by atoms with Crippen LogP contribution < -0.4 is 10.1 Å². The number of benzene rings is 3. The van der Waals surface area contributed by atoms with Crippen molar-refractivity contribution < 1.29 is 13.9 Å². The van der Waals surface area contributed by atoms with Crippen molar-refractivity contribution in [3.63, 3.8) is 0 Å². The third-order valence-corrected chi connectivity index (χ3v) is 6.02. The van der Waals surface area contributed by atoms with Crippen LogP contribution in [0, 0.1) is 6.92 Å². The average Bonchev–Trinajstić information content (AvgIpc) is 3.24. The Hall–Kier alpha value is -3.57. The van der Waals surface area contributed by atoms with Gasteiger partial charge in [-0.15, -0.1) is 0 Å². The summed E-state index contributed by atoms with van der Waals surface area (Å²) in [4.78, 5) is 14.6. The molecule has 0 aliphatic rings. The molecule has 4 rings (SSSR count). The van der Waals surface area contributed by atoms with E-state index >= 15 is 0 Å². The molecule has 0 radical (unpaired) electrons. The second-order valence-electron chi connectivity index (χ2n) is 8.82. The van der Waals surface area contributed by atoms with Crippen LogP contribution in [0.2, 0.25) is 0 Å². The standard InChI is InChI=1S/C29H32N2O3/c1-6-33-28-20(3)29-25(17-24(28)19(2)15-27(32)30-13-14-31(4)5)26(18-34-29)23-12-11-21-9-7-8-10-22(21)16-23/h7-12,15-18H,6,13-14H2,1-5H3,(H,30,32)/b19-15+. The zero-order valence-corrected chi connectivity index (χ0v) is 20.6. The Kier molecular flexibility index (Phi) is 7.03. The van der Waals surface area contributed by atoms with Gasteiger partial charge in [0.05, 0.1) is 12.9 Å². The van der Waals surface area contributed by atoms with Crippen molar-refractivity contribution in [1.29, 1.82) is 0 Å². The molecule has 34 heavy (non-hydrogen) atoms. The van der Waals surface area contributed by atoms with Crippen LogP contribution in [0.4, 0.5) is 0 Å². The van der Waals surface area contributed by atoms with Crippen LogP contribution in [0.5, 0.6) is 5.75 Å². The molecule has 176 valence electrons. The Morgan fingerprint density at radius 2 is 1.88 bits per heavy atom. The number of furan rings is 1. The lowest BCUT2D eigenvalue weighted by Gasteiger charge is -2.15. The summed E-state index contributed by atoms with van der Waals surface area (Å²) >= 11 is 0. The first-order valence-electron chi connectivity index (χ1n) is 11.7. The minimum absolute atomic E-state index is 0.110. The van der Waals surface area contributed by atoms with Crippen molar-refractivity contribution in [2.45, 2.75) is 20.8 Å². The van der Waals surface area contributed by atoms with Crippen LogP contribution in [-0.4, -0.2) is 44.6 Å². The molecule has 1 N–H and O–H groups in total. The molecule has 0 saturated heterocycles. The second-order valence-corrected chi connectivity index (χ2v) is 8.82. The fourth-order valence-electron chi connectivity index (χ4n) is 4.25. The summed E-state index contributed by atoms with van der Waals surface area (Å²) < 4.78 is 12.1. The van der Waals surface area contributed by atoms with Gasteiger partial charge in [0.2, 0.25) is 5.91 Å². The number of hydrogen-bond acceptors (Lipinski definition) is 4. The van der Waals surface area contributed by atoms with Gasteiger partial charge in [-0.3, -0.25) is 4.79 Å². The van der Waals surface area contributed by atoms with E-state index < -0.39 is 0 Å². The molecule has 0 aliphatic heterocycles. The largest absolute Gasteiger partial charge is 0.493 e. The van der Waals surface area contributed by atoms with E-state index in [0.29, 0.717) is 13.2 Å². The molecule has 0 aliphatic carbocycles. The van der Waals surface area contributed by atoms with Gasteiger partial charge in [0.15, 0.2) is 0 Å². The van der Waals surface area contributed by atoms with Crippen LogP contribution in [0.1, 0.15) is 25.0 Å². The van der Waals surface area contributed by atoms with E-state index in [9.17, 15) is 4.79 Å². The van der Waals surface area contributed by atoms with E-state index in [4.69, 9.17) is 9.15 Å². The number of nitrogens with zero attached hydrogens (tertiary/aromatic N) is 1. The van der Waals surface area contributed by atoms with Gasteiger partial charge >= 0.3 is 0 Å². The zero-order chi connectivity index (χ0) is 24.2. The Labute approximate surface area is 201 Å². The Morgan fingerprint density at radius 3 is 2.62 bits per heavy atom. The quantitative estimate of drug-likeness (QED) is 0.328. The van der Waals surface area contributed by atoms with Crippen molar-refractivity contribution in [2.24, 2.45) is 0 Å². The number of carbonyl (C=O) groups is 1. The van der Waals surface area contributed by atoms with Gasteiger partial charge in [0.25, 0.3) is 0 Å². The summed E-state index contributed by atoms with van der Waals surface area (Å²) in [6.07, 6.45) is 3.46. The molecule has 1 heterocycles. The number of rotatable bonds is 8. The number of nitrogens with one attached hydrogen (secondary N) is 1. The molecule has 5 nitrogen and oxygen atoms in total. The molecule has 0 unspecified atom stereocenters. The molecular formula is C29H32N2O3. The van der Waals surface area contributed by atoms with Crippen molar-refractivity contribution in [1.82, 2.24) is 10.2 Å². The van der Waals surface area contributed by atoms with Crippen LogP contribution >= 0.6 is 0 Å². The Balaban J connectivity index is 1.78. The number of carbonyl (C=O) groups excluding carboxylic acids is 1. The molecule has 0 bridgehead atoms. The fraction of sp³-hybridized carbons (Fsp3) is 0.276. The summed E-state index contributed by atoms with van der Waals surface area (Å²) in [6, 6.07) is 16.9. The highest BCUT2D eigenvalue weighted by Crippen LogP contribution is 2.41. The first-order chi connectivity index (χ1) is 16.4. The van der Waals surface area contributed by atoms with Crippen molar-refractivity contribution in [2.75, 3.05) is 33.8 Å². The summed E-state index contributed by atoms with van der Waals surface area (Å²) in [5, 5.41) is 6.34. The predicted molar refractivity (Wildman–Crippen MR) is 140 cm³/mol. The van der Waals surface area contributed by atoms with E-state index in [2.05, 4.69) is 41.7 Å². The van der Waals surface area contributed by atoms with E-state index in [1.165, 1.54) is 10.8 Å². The lowest BCUT2D eigenvalue weighted by Crippen LogP contribution is -2.30. The van der Waals surface area contributed by atoms with E-state index in [0.717, 1.165) is 51.1 Å². The highest BCUT2D eigenvalue weighted by atomic mass is 16.5. The second kappa shape index (κ2) is 10.1. The smallest absolute Gasteiger partial charge is 0.244 e.